The highest BCUT2D eigenvalue weighted by Gasteiger charge is 2.18. The van der Waals surface area contributed by atoms with E-state index in [-0.39, 0.29) is 0 Å². The monoisotopic (exact) mass is 337 g/mol. The third kappa shape index (κ3) is 2.47. The van der Waals surface area contributed by atoms with E-state index >= 15 is 0 Å². The van der Waals surface area contributed by atoms with Gasteiger partial charge < -0.3 is 10.5 Å². The molecule has 1 aromatic carbocycles. The Morgan fingerprint density at radius 2 is 2.00 bits per heavy atom. The maximum Gasteiger partial charge on any atom is 0.122 e. The van der Waals surface area contributed by atoms with Gasteiger partial charge in [0.1, 0.15) is 11.4 Å². The van der Waals surface area contributed by atoms with Crippen LogP contribution in [0.1, 0.15) is 22.4 Å². The van der Waals surface area contributed by atoms with Gasteiger partial charge in [0, 0.05) is 12.0 Å². The SMILES string of the molecule is COc1cc(C)c(-c2n[nH]c(CCN)c2Br)c(C)c1C. The number of aromatic amines is 1. The zero-order valence-corrected chi connectivity index (χ0v) is 13.9. The van der Waals surface area contributed by atoms with Crippen molar-refractivity contribution in [3.05, 3.63) is 32.9 Å². The minimum atomic E-state index is 0.597. The minimum absolute atomic E-state index is 0.597. The molecule has 20 heavy (non-hydrogen) atoms. The van der Waals surface area contributed by atoms with Gasteiger partial charge in [0.25, 0.3) is 0 Å². The molecule has 3 N–H and O–H groups in total. The molecule has 2 rings (SSSR count). The van der Waals surface area contributed by atoms with Crippen molar-refractivity contribution in [2.75, 3.05) is 13.7 Å². The van der Waals surface area contributed by atoms with Crippen LogP contribution in [0.5, 0.6) is 5.75 Å². The van der Waals surface area contributed by atoms with E-state index in [1.807, 2.05) is 0 Å². The van der Waals surface area contributed by atoms with E-state index in [2.05, 4.69) is 53.0 Å². The fourth-order valence-corrected chi connectivity index (χ4v) is 3.04. The van der Waals surface area contributed by atoms with Crippen molar-refractivity contribution in [2.45, 2.75) is 27.2 Å². The van der Waals surface area contributed by atoms with Crippen molar-refractivity contribution < 1.29 is 4.74 Å². The third-order valence-corrected chi connectivity index (χ3v) is 4.53. The Morgan fingerprint density at radius 1 is 1.30 bits per heavy atom. The van der Waals surface area contributed by atoms with Gasteiger partial charge in [-0.2, -0.15) is 5.10 Å². The van der Waals surface area contributed by atoms with Crippen molar-refractivity contribution in [3.63, 3.8) is 0 Å². The first-order valence-electron chi connectivity index (χ1n) is 6.59. The van der Waals surface area contributed by atoms with Gasteiger partial charge in [-0.25, -0.2) is 0 Å². The van der Waals surface area contributed by atoms with Crippen LogP contribution >= 0.6 is 15.9 Å². The quantitative estimate of drug-likeness (QED) is 0.899. The van der Waals surface area contributed by atoms with Gasteiger partial charge in [-0.15, -0.1) is 0 Å². The van der Waals surface area contributed by atoms with Crippen molar-refractivity contribution in [1.29, 1.82) is 0 Å². The summed E-state index contributed by atoms with van der Waals surface area (Å²) in [6, 6.07) is 2.06. The summed E-state index contributed by atoms with van der Waals surface area (Å²) in [6.45, 7) is 6.84. The molecule has 0 saturated heterocycles. The maximum atomic E-state index is 5.61. The van der Waals surface area contributed by atoms with Crippen molar-refractivity contribution in [3.8, 4) is 17.0 Å². The van der Waals surface area contributed by atoms with Crippen LogP contribution in [-0.2, 0) is 6.42 Å². The van der Waals surface area contributed by atoms with Gasteiger partial charge in [-0.1, -0.05) is 0 Å². The summed E-state index contributed by atoms with van der Waals surface area (Å²) in [5, 5.41) is 7.52. The van der Waals surface area contributed by atoms with E-state index < -0.39 is 0 Å². The number of nitrogens with zero attached hydrogens (tertiary/aromatic N) is 1. The molecule has 5 heteroatoms. The molecular weight excluding hydrogens is 318 g/mol. The van der Waals surface area contributed by atoms with Crippen LogP contribution in [0.4, 0.5) is 0 Å². The Balaban J connectivity index is 2.61. The summed E-state index contributed by atoms with van der Waals surface area (Å²) >= 11 is 3.64. The van der Waals surface area contributed by atoms with E-state index in [1.165, 1.54) is 5.56 Å². The highest BCUT2D eigenvalue weighted by molar-refractivity contribution is 9.10. The molecule has 108 valence electrons. The molecule has 0 unspecified atom stereocenters. The highest BCUT2D eigenvalue weighted by Crippen LogP contribution is 2.37. The van der Waals surface area contributed by atoms with Crippen molar-refractivity contribution in [1.82, 2.24) is 10.2 Å². The number of nitrogens with one attached hydrogen (secondary N) is 1. The Hall–Kier alpha value is -1.33. The fourth-order valence-electron chi connectivity index (χ4n) is 2.46. The number of H-pyrrole nitrogens is 1. The molecule has 0 amide bonds. The zero-order chi connectivity index (χ0) is 14.9. The third-order valence-electron chi connectivity index (χ3n) is 3.68. The van der Waals surface area contributed by atoms with Crippen LogP contribution in [0.15, 0.2) is 10.5 Å². The average Bonchev–Trinajstić information content (AvgIpc) is 2.77. The molecule has 0 fully saturated rings. The van der Waals surface area contributed by atoms with E-state index in [0.717, 1.165) is 44.7 Å². The lowest BCUT2D eigenvalue weighted by Crippen LogP contribution is -2.03. The molecular formula is C15H20BrN3O. The van der Waals surface area contributed by atoms with Crippen LogP contribution < -0.4 is 10.5 Å². The summed E-state index contributed by atoms with van der Waals surface area (Å²) < 4.78 is 6.41. The lowest BCUT2D eigenvalue weighted by atomic mass is 9.95. The Bertz CT molecular complexity index is 635. The van der Waals surface area contributed by atoms with E-state index in [1.54, 1.807) is 7.11 Å². The molecule has 2 aromatic rings. The molecule has 0 radical (unpaired) electrons. The standard InChI is InChI=1S/C15H20BrN3O/c1-8-7-12(20-4)9(2)10(3)13(8)15-14(16)11(5-6-17)18-19-15/h7H,5-6,17H2,1-4H3,(H,18,19). The van der Waals surface area contributed by atoms with Crippen LogP contribution in [0.25, 0.3) is 11.3 Å². The molecule has 0 aliphatic rings. The van der Waals surface area contributed by atoms with Gasteiger partial charge in [0.2, 0.25) is 0 Å². The number of nitrogens with two attached hydrogens (primary N) is 1. The summed E-state index contributed by atoms with van der Waals surface area (Å²) in [4.78, 5) is 0. The number of hydrogen-bond donors (Lipinski definition) is 2. The number of methoxy groups -OCH3 is 1. The maximum absolute atomic E-state index is 5.61. The van der Waals surface area contributed by atoms with Crippen molar-refractivity contribution >= 4 is 15.9 Å². The number of halogens is 1. The number of ether oxygens (including phenoxy) is 1. The van der Waals surface area contributed by atoms with E-state index in [0.29, 0.717) is 6.54 Å². The molecule has 0 spiro atoms. The second-order valence-corrected chi connectivity index (χ2v) is 5.72. The second-order valence-electron chi connectivity index (χ2n) is 4.92. The second kappa shape index (κ2) is 5.97. The summed E-state index contributed by atoms with van der Waals surface area (Å²) in [6.07, 6.45) is 0.779. The van der Waals surface area contributed by atoms with Crippen LogP contribution in [0.2, 0.25) is 0 Å². The minimum Gasteiger partial charge on any atom is -0.496 e. The van der Waals surface area contributed by atoms with E-state index in [4.69, 9.17) is 10.5 Å². The molecule has 0 bridgehead atoms. The first-order valence-corrected chi connectivity index (χ1v) is 7.38. The van der Waals surface area contributed by atoms with Crippen LogP contribution in [0.3, 0.4) is 0 Å². The summed E-state index contributed by atoms with van der Waals surface area (Å²) in [7, 11) is 1.70. The number of benzene rings is 1. The normalized spacial score (nSPS) is 10.9. The summed E-state index contributed by atoms with van der Waals surface area (Å²) in [5.41, 5.74) is 12.2. The largest absolute Gasteiger partial charge is 0.496 e. The number of hydrogen-bond acceptors (Lipinski definition) is 3. The van der Waals surface area contributed by atoms with Gasteiger partial charge >= 0.3 is 0 Å². The zero-order valence-electron chi connectivity index (χ0n) is 12.3. The van der Waals surface area contributed by atoms with E-state index in [9.17, 15) is 0 Å². The Morgan fingerprint density at radius 3 is 2.60 bits per heavy atom. The predicted molar refractivity (Wildman–Crippen MR) is 85.2 cm³/mol. The highest BCUT2D eigenvalue weighted by atomic mass is 79.9. The van der Waals surface area contributed by atoms with Crippen molar-refractivity contribution in [2.24, 2.45) is 5.73 Å². The number of aryl methyl sites for hydroxylation is 1. The Kier molecular flexibility index (Phi) is 4.50. The van der Waals surface area contributed by atoms with Gasteiger partial charge in [-0.3, -0.25) is 5.10 Å². The van der Waals surface area contributed by atoms with Crippen LogP contribution in [-0.4, -0.2) is 23.9 Å². The first kappa shape index (κ1) is 15.1. The van der Waals surface area contributed by atoms with Crippen LogP contribution in [0, 0.1) is 20.8 Å². The lowest BCUT2D eigenvalue weighted by Gasteiger charge is -2.15. The smallest absolute Gasteiger partial charge is 0.122 e. The summed E-state index contributed by atoms with van der Waals surface area (Å²) in [5.74, 6) is 0.914. The molecule has 4 nitrogen and oxygen atoms in total. The van der Waals surface area contributed by atoms with Gasteiger partial charge in [-0.05, 0) is 66.0 Å². The average molecular weight is 338 g/mol. The molecule has 0 aliphatic carbocycles. The van der Waals surface area contributed by atoms with Gasteiger partial charge in [0.05, 0.1) is 17.3 Å². The Labute approximate surface area is 127 Å². The first-order chi connectivity index (χ1) is 9.51. The van der Waals surface area contributed by atoms with Gasteiger partial charge in [0.15, 0.2) is 0 Å². The number of rotatable bonds is 4. The lowest BCUT2D eigenvalue weighted by molar-refractivity contribution is 0.411. The predicted octanol–water partition coefficient (Wildman–Crippen LogP) is 3.27. The fraction of sp³-hybridized carbons (Fsp3) is 0.400. The molecule has 1 heterocycles. The topological polar surface area (TPSA) is 63.9 Å². The molecule has 0 atom stereocenters. The molecule has 1 aromatic heterocycles. The molecule has 0 aliphatic heterocycles. The number of aromatic nitrogens is 2. The molecule has 0 saturated carbocycles.